The van der Waals surface area contributed by atoms with Crippen molar-refractivity contribution in [3.63, 3.8) is 0 Å². The second-order valence-corrected chi connectivity index (χ2v) is 6.86. The lowest BCUT2D eigenvalue weighted by molar-refractivity contribution is 0.377. The van der Waals surface area contributed by atoms with Crippen molar-refractivity contribution in [3.05, 3.63) is 58.9 Å². The van der Waals surface area contributed by atoms with Gasteiger partial charge in [0, 0.05) is 24.2 Å². The van der Waals surface area contributed by atoms with E-state index in [2.05, 4.69) is 26.5 Å². The highest BCUT2D eigenvalue weighted by atomic mass is 19.1. The number of hydrogen-bond donors (Lipinski definition) is 1. The number of fused-ring (bicyclic) bond motifs is 1. The molecule has 0 saturated heterocycles. The monoisotopic (exact) mass is 377 g/mol. The molecule has 142 valence electrons. The van der Waals surface area contributed by atoms with E-state index in [4.69, 9.17) is 4.52 Å². The van der Waals surface area contributed by atoms with E-state index < -0.39 is 0 Å². The molecule has 6 nitrogen and oxygen atoms in total. The molecule has 0 aliphatic heterocycles. The van der Waals surface area contributed by atoms with Gasteiger partial charge in [-0.3, -0.25) is 0 Å². The van der Waals surface area contributed by atoms with Gasteiger partial charge in [-0.2, -0.15) is 10.2 Å². The predicted octanol–water partition coefficient (Wildman–Crippen LogP) is 4.07. The third kappa shape index (κ3) is 4.01. The van der Waals surface area contributed by atoms with Gasteiger partial charge < -0.3 is 9.84 Å². The number of nitrogens with zero attached hydrogens (tertiary/aromatic N) is 4. The molecule has 0 fully saturated rings. The van der Waals surface area contributed by atoms with Crippen molar-refractivity contribution in [2.24, 2.45) is 0 Å². The number of rotatable bonds is 6. The highest BCUT2D eigenvalue weighted by Gasteiger charge is 2.15. The number of anilines is 1. The summed E-state index contributed by atoms with van der Waals surface area (Å²) >= 11 is 0. The smallest absolute Gasteiger partial charge is 0.227 e. The molecule has 4 rings (SSSR count). The summed E-state index contributed by atoms with van der Waals surface area (Å²) in [5.74, 6) is 1.33. The van der Waals surface area contributed by atoms with E-state index in [0.29, 0.717) is 41.6 Å². The molecule has 0 atom stereocenters. The van der Waals surface area contributed by atoms with Crippen LogP contribution >= 0.6 is 0 Å². The average molecular weight is 377 g/mol. The largest absolute Gasteiger partial charge is 0.369 e. The fraction of sp³-hybridized carbons (Fsp3) is 0.333. The summed E-state index contributed by atoms with van der Waals surface area (Å²) < 4.78 is 18.3. The summed E-state index contributed by atoms with van der Waals surface area (Å²) in [4.78, 5) is 9.01. The van der Waals surface area contributed by atoms with E-state index in [9.17, 15) is 9.65 Å². The first-order valence-corrected chi connectivity index (χ1v) is 9.48. The maximum atomic E-state index is 13.0. The molecule has 0 spiro atoms. The molecule has 0 amide bonds. The van der Waals surface area contributed by atoms with Crippen LogP contribution in [0.25, 0.3) is 11.4 Å². The topological polar surface area (TPSA) is 87.6 Å². The number of halogens is 1. The number of aromatic nitrogens is 3. The number of aryl methyl sites for hydroxylation is 3. The zero-order valence-electron chi connectivity index (χ0n) is 15.4. The quantitative estimate of drug-likeness (QED) is 0.652. The third-order valence-electron chi connectivity index (χ3n) is 4.85. The Bertz CT molecular complexity index is 1010. The van der Waals surface area contributed by atoms with Crippen LogP contribution in [0.4, 0.5) is 10.2 Å². The number of hydrogen-bond acceptors (Lipinski definition) is 6. The molecule has 0 bridgehead atoms. The van der Waals surface area contributed by atoms with E-state index in [-0.39, 0.29) is 5.82 Å². The van der Waals surface area contributed by atoms with Crippen molar-refractivity contribution in [2.45, 2.75) is 38.5 Å². The molecule has 2 heterocycles. The van der Waals surface area contributed by atoms with E-state index in [1.807, 2.05) is 6.07 Å². The van der Waals surface area contributed by atoms with Gasteiger partial charge in [0.05, 0.1) is 5.56 Å². The van der Waals surface area contributed by atoms with Crippen molar-refractivity contribution in [3.8, 4) is 17.5 Å². The van der Waals surface area contributed by atoms with Crippen molar-refractivity contribution >= 4 is 5.82 Å². The minimum atomic E-state index is -0.300. The van der Waals surface area contributed by atoms with E-state index in [0.717, 1.165) is 37.8 Å². The molecule has 1 aliphatic carbocycles. The van der Waals surface area contributed by atoms with Crippen LogP contribution in [0, 0.1) is 17.1 Å². The van der Waals surface area contributed by atoms with Crippen LogP contribution < -0.4 is 5.32 Å². The Morgan fingerprint density at radius 3 is 2.79 bits per heavy atom. The number of benzene rings is 1. The Morgan fingerprint density at radius 2 is 1.96 bits per heavy atom. The third-order valence-corrected chi connectivity index (χ3v) is 4.85. The second-order valence-electron chi connectivity index (χ2n) is 6.86. The minimum absolute atomic E-state index is 0.300. The van der Waals surface area contributed by atoms with Gasteiger partial charge in [0.25, 0.3) is 0 Å². The molecule has 1 aliphatic rings. The van der Waals surface area contributed by atoms with Crippen LogP contribution in [-0.2, 0) is 19.3 Å². The Kier molecular flexibility index (Phi) is 5.29. The van der Waals surface area contributed by atoms with Gasteiger partial charge in [-0.05, 0) is 68.0 Å². The molecular formula is C21H20FN5O. The Labute approximate surface area is 162 Å². The highest BCUT2D eigenvalue weighted by Crippen LogP contribution is 2.24. The van der Waals surface area contributed by atoms with Gasteiger partial charge in [-0.15, -0.1) is 0 Å². The summed E-state index contributed by atoms with van der Waals surface area (Å²) in [7, 11) is 0. The van der Waals surface area contributed by atoms with Crippen LogP contribution in [0.2, 0.25) is 0 Å². The summed E-state index contributed by atoms with van der Waals surface area (Å²) in [6.07, 6.45) is 5.66. The summed E-state index contributed by atoms with van der Waals surface area (Å²) in [6, 6.07) is 10.2. The van der Waals surface area contributed by atoms with Crippen molar-refractivity contribution in [2.75, 3.05) is 11.9 Å². The second kappa shape index (κ2) is 8.17. The normalized spacial score (nSPS) is 13.0. The zero-order valence-corrected chi connectivity index (χ0v) is 15.4. The maximum absolute atomic E-state index is 13.0. The highest BCUT2D eigenvalue weighted by molar-refractivity contribution is 5.55. The minimum Gasteiger partial charge on any atom is -0.369 e. The van der Waals surface area contributed by atoms with Gasteiger partial charge in [0.1, 0.15) is 17.7 Å². The van der Waals surface area contributed by atoms with Crippen LogP contribution in [0.1, 0.15) is 42.0 Å². The van der Waals surface area contributed by atoms with Crippen molar-refractivity contribution in [1.82, 2.24) is 15.1 Å². The Morgan fingerprint density at radius 1 is 1.14 bits per heavy atom. The zero-order chi connectivity index (χ0) is 19.3. The number of pyridine rings is 1. The first kappa shape index (κ1) is 18.1. The van der Waals surface area contributed by atoms with Crippen LogP contribution in [0.15, 0.2) is 34.9 Å². The fourth-order valence-corrected chi connectivity index (χ4v) is 3.37. The lowest BCUT2D eigenvalue weighted by Crippen LogP contribution is -2.12. The lowest BCUT2D eigenvalue weighted by atomic mass is 9.95. The summed E-state index contributed by atoms with van der Waals surface area (Å²) in [5, 5.41) is 16.6. The maximum Gasteiger partial charge on any atom is 0.227 e. The van der Waals surface area contributed by atoms with Gasteiger partial charge >= 0.3 is 0 Å². The SMILES string of the molecule is N#Cc1cc2c(nc1NCCCc1nc(-c3ccc(F)cc3)no1)CCCC2. The molecule has 1 aromatic carbocycles. The average Bonchev–Trinajstić information content (AvgIpc) is 3.20. The molecule has 1 N–H and O–H groups in total. The Hall–Kier alpha value is -3.27. The molecule has 2 aromatic heterocycles. The molecule has 0 saturated carbocycles. The lowest BCUT2D eigenvalue weighted by Gasteiger charge is -2.17. The standard InChI is InChI=1S/C21H20FN5O/c22-17-9-7-14(8-10-17)21-26-19(28-27-21)6-3-11-24-20-16(13-23)12-15-4-1-2-5-18(15)25-20/h7-10,12H,1-6,11H2,(H,24,25). The van der Waals surface area contributed by atoms with Gasteiger partial charge in [-0.25, -0.2) is 9.37 Å². The van der Waals surface area contributed by atoms with E-state index >= 15 is 0 Å². The molecule has 7 heteroatoms. The summed E-state index contributed by atoms with van der Waals surface area (Å²) in [5.41, 5.74) is 3.62. The Balaban J connectivity index is 1.34. The van der Waals surface area contributed by atoms with Crippen LogP contribution in [0.5, 0.6) is 0 Å². The van der Waals surface area contributed by atoms with Crippen LogP contribution in [-0.4, -0.2) is 21.7 Å². The fourth-order valence-electron chi connectivity index (χ4n) is 3.37. The van der Waals surface area contributed by atoms with Gasteiger partial charge in [-0.1, -0.05) is 5.16 Å². The van der Waals surface area contributed by atoms with Crippen molar-refractivity contribution in [1.29, 1.82) is 5.26 Å². The molecular weight excluding hydrogens is 357 g/mol. The number of nitrogens with one attached hydrogen (secondary N) is 1. The predicted molar refractivity (Wildman–Crippen MR) is 102 cm³/mol. The van der Waals surface area contributed by atoms with Gasteiger partial charge in [0.2, 0.25) is 11.7 Å². The number of nitriles is 1. The molecule has 28 heavy (non-hydrogen) atoms. The molecule has 0 radical (unpaired) electrons. The van der Waals surface area contributed by atoms with Crippen LogP contribution in [0.3, 0.4) is 0 Å². The molecule has 0 unspecified atom stereocenters. The van der Waals surface area contributed by atoms with E-state index in [1.165, 1.54) is 17.7 Å². The van der Waals surface area contributed by atoms with E-state index in [1.54, 1.807) is 12.1 Å². The first-order chi connectivity index (χ1) is 13.7. The molecule has 3 aromatic rings. The summed E-state index contributed by atoms with van der Waals surface area (Å²) in [6.45, 7) is 0.648. The van der Waals surface area contributed by atoms with Gasteiger partial charge in [0.15, 0.2) is 0 Å². The first-order valence-electron chi connectivity index (χ1n) is 9.48. The van der Waals surface area contributed by atoms with Crippen molar-refractivity contribution < 1.29 is 8.91 Å².